The summed E-state index contributed by atoms with van der Waals surface area (Å²) in [5.74, 6) is 0. The first-order valence-corrected chi connectivity index (χ1v) is 5.51. The van der Waals surface area contributed by atoms with E-state index in [-0.39, 0.29) is 0 Å². The minimum Gasteiger partial charge on any atom is -0.315 e. The number of hydrogen-bond acceptors (Lipinski definition) is 2. The van der Waals surface area contributed by atoms with E-state index in [4.69, 9.17) is 5.73 Å². The molecule has 0 amide bonds. The summed E-state index contributed by atoms with van der Waals surface area (Å²) < 4.78 is 0. The van der Waals surface area contributed by atoms with E-state index in [1.54, 1.807) is 0 Å². The first kappa shape index (κ1) is 11.0. The van der Waals surface area contributed by atoms with Crippen molar-refractivity contribution in [2.24, 2.45) is 0 Å². The number of nitrogens with one attached hydrogen (secondary N) is 2. The summed E-state index contributed by atoms with van der Waals surface area (Å²) in [6, 6.07) is 0. The Hall–Kier alpha value is -0.120. The molecule has 3 heteroatoms. The van der Waals surface area contributed by atoms with Crippen LogP contribution in [-0.2, 0) is 0 Å². The Morgan fingerprint density at radius 3 is 2.54 bits per heavy atom. The molecule has 77 valence electrons. The second-order valence-corrected chi connectivity index (χ2v) is 3.76. The van der Waals surface area contributed by atoms with Crippen molar-refractivity contribution in [3.63, 3.8) is 0 Å². The van der Waals surface area contributed by atoms with E-state index in [1.807, 2.05) is 0 Å². The summed E-state index contributed by atoms with van der Waals surface area (Å²) in [7, 11) is 0. The highest BCUT2D eigenvalue weighted by Crippen LogP contribution is 2.08. The second-order valence-electron chi connectivity index (χ2n) is 3.76. The van der Waals surface area contributed by atoms with Gasteiger partial charge in [0, 0.05) is 13.1 Å². The van der Waals surface area contributed by atoms with Gasteiger partial charge in [-0.1, -0.05) is 6.42 Å². The highest BCUT2D eigenvalue weighted by molar-refractivity contribution is 4.64. The topological polar surface area (TPSA) is 39.1 Å². The lowest BCUT2D eigenvalue weighted by atomic mass is 10.1. The molecule has 0 aromatic heterocycles. The maximum atomic E-state index is 6.96. The third-order valence-corrected chi connectivity index (χ3v) is 2.58. The van der Waals surface area contributed by atoms with Gasteiger partial charge in [-0.3, -0.25) is 5.73 Å². The van der Waals surface area contributed by atoms with Crippen LogP contribution in [-0.4, -0.2) is 44.2 Å². The van der Waals surface area contributed by atoms with E-state index in [1.165, 1.54) is 45.3 Å². The van der Waals surface area contributed by atoms with E-state index in [2.05, 4.69) is 10.2 Å². The molecule has 0 atom stereocenters. The Labute approximate surface area is 81.7 Å². The maximum Gasteiger partial charge on any atom is 0.0225 e. The van der Waals surface area contributed by atoms with Crippen molar-refractivity contribution in [1.82, 2.24) is 16.0 Å². The number of likely N-dealkylation sites (tertiary alicyclic amines) is 1. The van der Waals surface area contributed by atoms with Crippen LogP contribution >= 0.6 is 0 Å². The molecule has 0 bridgehead atoms. The van der Waals surface area contributed by atoms with Crippen LogP contribution in [0, 0.1) is 0 Å². The third kappa shape index (κ3) is 5.24. The van der Waals surface area contributed by atoms with Crippen molar-refractivity contribution in [3.8, 4) is 0 Å². The Morgan fingerprint density at radius 2 is 1.85 bits per heavy atom. The average Bonchev–Trinajstić information content (AvgIpc) is 2.19. The molecule has 1 aliphatic rings. The van der Waals surface area contributed by atoms with E-state index in [0.717, 1.165) is 13.1 Å². The summed E-state index contributed by atoms with van der Waals surface area (Å²) in [6.07, 6.45) is 5.44. The molecule has 1 aliphatic heterocycles. The molecular formula is C10H22N3. The Morgan fingerprint density at radius 1 is 1.08 bits per heavy atom. The monoisotopic (exact) mass is 184 g/mol. The fourth-order valence-corrected chi connectivity index (χ4v) is 1.82. The van der Waals surface area contributed by atoms with Crippen LogP contribution in [0.3, 0.4) is 0 Å². The third-order valence-electron chi connectivity index (χ3n) is 2.58. The van der Waals surface area contributed by atoms with Crippen LogP contribution < -0.4 is 11.1 Å². The van der Waals surface area contributed by atoms with Gasteiger partial charge < -0.3 is 10.2 Å². The molecule has 0 saturated carbocycles. The lowest BCUT2D eigenvalue weighted by molar-refractivity contribution is 0.226. The van der Waals surface area contributed by atoms with Crippen LogP contribution in [0.5, 0.6) is 0 Å². The van der Waals surface area contributed by atoms with Gasteiger partial charge in [0.15, 0.2) is 0 Å². The highest BCUT2D eigenvalue weighted by Gasteiger charge is 2.08. The first-order valence-electron chi connectivity index (χ1n) is 5.51. The van der Waals surface area contributed by atoms with Gasteiger partial charge in [0.1, 0.15) is 0 Å². The predicted molar refractivity (Wildman–Crippen MR) is 55.7 cm³/mol. The quantitative estimate of drug-likeness (QED) is 0.618. The Kier molecular flexibility index (Phi) is 6.15. The second kappa shape index (κ2) is 7.30. The molecule has 0 aromatic rings. The van der Waals surface area contributed by atoms with Crippen LogP contribution in [0.15, 0.2) is 0 Å². The molecule has 0 aliphatic carbocycles. The fraction of sp³-hybridized carbons (Fsp3) is 1.00. The molecule has 0 unspecified atom stereocenters. The number of rotatable bonds is 6. The minimum atomic E-state index is 0.504. The smallest absolute Gasteiger partial charge is 0.0225 e. The lowest BCUT2D eigenvalue weighted by Gasteiger charge is -2.26. The first-order chi connectivity index (χ1) is 6.43. The molecule has 1 heterocycles. The van der Waals surface area contributed by atoms with Crippen LogP contribution in [0.25, 0.3) is 0 Å². The molecule has 1 rings (SSSR count). The SMILES string of the molecule is [NH]CCNCCCN1CCCCC1. The largest absolute Gasteiger partial charge is 0.315 e. The van der Waals surface area contributed by atoms with E-state index in [9.17, 15) is 0 Å². The van der Waals surface area contributed by atoms with E-state index < -0.39 is 0 Å². The average molecular weight is 184 g/mol. The van der Waals surface area contributed by atoms with Crippen molar-refractivity contribution >= 4 is 0 Å². The molecular weight excluding hydrogens is 162 g/mol. The van der Waals surface area contributed by atoms with Gasteiger partial charge in [0.05, 0.1) is 0 Å². The molecule has 0 aromatic carbocycles. The van der Waals surface area contributed by atoms with Gasteiger partial charge in [0.2, 0.25) is 0 Å². The molecule has 13 heavy (non-hydrogen) atoms. The fourth-order valence-electron chi connectivity index (χ4n) is 1.82. The van der Waals surface area contributed by atoms with Crippen molar-refractivity contribution in [3.05, 3.63) is 0 Å². The molecule has 1 fully saturated rings. The Bertz CT molecular complexity index is 111. The number of nitrogens with zero attached hydrogens (tertiary/aromatic N) is 1. The summed E-state index contributed by atoms with van der Waals surface area (Å²) in [5, 5.41) is 3.26. The molecule has 0 spiro atoms. The molecule has 1 saturated heterocycles. The normalized spacial score (nSPS) is 19.2. The molecule has 1 radical (unpaired) electrons. The van der Waals surface area contributed by atoms with Crippen LogP contribution in [0.2, 0.25) is 0 Å². The zero-order valence-corrected chi connectivity index (χ0v) is 8.52. The van der Waals surface area contributed by atoms with Crippen molar-refractivity contribution < 1.29 is 0 Å². The standard InChI is InChI=1S/C10H22N3/c11-5-7-12-6-4-10-13-8-2-1-3-9-13/h11-12H,1-10H2. The number of piperidine rings is 1. The minimum absolute atomic E-state index is 0.504. The molecule has 2 N–H and O–H groups in total. The summed E-state index contributed by atoms with van der Waals surface area (Å²) in [4.78, 5) is 2.56. The summed E-state index contributed by atoms with van der Waals surface area (Å²) >= 11 is 0. The summed E-state index contributed by atoms with van der Waals surface area (Å²) in [6.45, 7) is 6.28. The van der Waals surface area contributed by atoms with Gasteiger partial charge in [0.25, 0.3) is 0 Å². The zero-order valence-electron chi connectivity index (χ0n) is 8.52. The Balaban J connectivity index is 1.86. The molecule has 3 nitrogen and oxygen atoms in total. The van der Waals surface area contributed by atoms with Gasteiger partial charge in [-0.05, 0) is 45.4 Å². The van der Waals surface area contributed by atoms with Crippen LogP contribution in [0.4, 0.5) is 0 Å². The predicted octanol–water partition coefficient (Wildman–Crippen LogP) is 0.735. The maximum absolute atomic E-state index is 6.96. The zero-order chi connectivity index (χ0) is 9.36. The van der Waals surface area contributed by atoms with Gasteiger partial charge in [-0.2, -0.15) is 0 Å². The lowest BCUT2D eigenvalue weighted by Crippen LogP contribution is -2.32. The van der Waals surface area contributed by atoms with E-state index >= 15 is 0 Å². The van der Waals surface area contributed by atoms with Crippen molar-refractivity contribution in [2.75, 3.05) is 39.3 Å². The van der Waals surface area contributed by atoms with Crippen molar-refractivity contribution in [1.29, 1.82) is 0 Å². The van der Waals surface area contributed by atoms with Gasteiger partial charge in [-0.25, -0.2) is 0 Å². The summed E-state index contributed by atoms with van der Waals surface area (Å²) in [5.41, 5.74) is 6.96. The van der Waals surface area contributed by atoms with Gasteiger partial charge >= 0.3 is 0 Å². The van der Waals surface area contributed by atoms with Crippen molar-refractivity contribution in [2.45, 2.75) is 25.7 Å². The number of hydrogen-bond donors (Lipinski definition) is 1. The van der Waals surface area contributed by atoms with Gasteiger partial charge in [-0.15, -0.1) is 0 Å². The van der Waals surface area contributed by atoms with E-state index in [0.29, 0.717) is 6.54 Å². The highest BCUT2D eigenvalue weighted by atomic mass is 15.1. The van der Waals surface area contributed by atoms with Crippen LogP contribution in [0.1, 0.15) is 25.7 Å².